The van der Waals surface area contributed by atoms with E-state index in [4.69, 9.17) is 9.47 Å². The minimum atomic E-state index is -0.873. The second-order valence-electron chi connectivity index (χ2n) is 10.6. The number of methoxy groups -OCH3 is 1. The number of carboxylic acids is 1. The lowest BCUT2D eigenvalue weighted by molar-refractivity contribution is 0.0391. The van der Waals surface area contributed by atoms with Crippen molar-refractivity contribution in [1.29, 1.82) is 0 Å². The molecule has 0 atom stereocenters. The molecule has 3 heterocycles. The number of fused-ring (bicyclic) bond motifs is 5. The van der Waals surface area contributed by atoms with Crippen LogP contribution in [0.1, 0.15) is 61.4 Å². The molecule has 0 bridgehead atoms. The highest BCUT2D eigenvalue weighted by atomic mass is 16.5. The molecular formula is C31H41N3O4. The molecule has 2 aromatic carbocycles. The highest BCUT2D eigenvalue weighted by Crippen LogP contribution is 2.48. The van der Waals surface area contributed by atoms with Gasteiger partial charge in [-0.05, 0) is 48.6 Å². The fraction of sp³-hybridized carbons (Fsp3) is 0.516. The monoisotopic (exact) mass is 519 g/mol. The van der Waals surface area contributed by atoms with Gasteiger partial charge in [0.1, 0.15) is 5.75 Å². The molecule has 6 rings (SSSR count). The summed E-state index contributed by atoms with van der Waals surface area (Å²) in [6.07, 6.45) is 6.20. The summed E-state index contributed by atoms with van der Waals surface area (Å²) in [6, 6.07) is 12.2. The molecule has 0 spiro atoms. The molecule has 1 saturated carbocycles. The number of nitrogens with zero attached hydrogens (tertiary/aromatic N) is 3. The lowest BCUT2D eigenvalue weighted by Crippen LogP contribution is -2.42. The van der Waals surface area contributed by atoms with Crippen molar-refractivity contribution in [2.75, 3.05) is 57.9 Å². The minimum absolute atomic E-state index is 0. The number of aromatic nitrogens is 1. The third-order valence-corrected chi connectivity index (χ3v) is 8.55. The molecular weight excluding hydrogens is 478 g/mol. The molecule has 7 nitrogen and oxygen atoms in total. The molecule has 0 unspecified atom stereocenters. The molecule has 0 amide bonds. The van der Waals surface area contributed by atoms with Gasteiger partial charge in [-0.1, -0.05) is 32.8 Å². The van der Waals surface area contributed by atoms with Crippen LogP contribution in [0, 0.1) is 0 Å². The molecule has 2 aliphatic heterocycles. The average molecular weight is 520 g/mol. The molecule has 1 saturated heterocycles. The van der Waals surface area contributed by atoms with E-state index >= 15 is 0 Å². The SMILES string of the molecule is C.COc1ccc2c(c1)N(CCN1CCOCC1)CCn1c-2c(C2CCCCC2)c2ccc(C(=O)O)cc21. The highest BCUT2D eigenvalue weighted by molar-refractivity contribution is 5.99. The first kappa shape index (κ1) is 26.6. The maximum Gasteiger partial charge on any atom is 0.335 e. The van der Waals surface area contributed by atoms with Crippen LogP contribution >= 0.6 is 0 Å². The summed E-state index contributed by atoms with van der Waals surface area (Å²) in [5, 5.41) is 11.0. The first-order valence-corrected chi connectivity index (χ1v) is 13.8. The maximum atomic E-state index is 11.9. The summed E-state index contributed by atoms with van der Waals surface area (Å²) >= 11 is 0. The number of hydrogen-bond acceptors (Lipinski definition) is 5. The van der Waals surface area contributed by atoms with Crippen molar-refractivity contribution in [2.24, 2.45) is 0 Å². The Hall–Kier alpha value is -3.03. The van der Waals surface area contributed by atoms with Gasteiger partial charge in [-0.25, -0.2) is 4.79 Å². The second kappa shape index (κ2) is 11.4. The number of anilines is 1. The molecule has 1 N–H and O–H groups in total. The van der Waals surface area contributed by atoms with Crippen molar-refractivity contribution in [2.45, 2.75) is 52.0 Å². The number of rotatable bonds is 6. The van der Waals surface area contributed by atoms with Crippen molar-refractivity contribution in [3.63, 3.8) is 0 Å². The molecule has 1 aliphatic carbocycles. The van der Waals surface area contributed by atoms with E-state index in [0.29, 0.717) is 11.5 Å². The van der Waals surface area contributed by atoms with E-state index in [-0.39, 0.29) is 7.43 Å². The normalized spacial score (nSPS) is 18.4. The van der Waals surface area contributed by atoms with Crippen LogP contribution in [0.15, 0.2) is 36.4 Å². The first-order chi connectivity index (χ1) is 18.1. The lowest BCUT2D eigenvalue weighted by atomic mass is 9.81. The van der Waals surface area contributed by atoms with Crippen LogP contribution in [0.5, 0.6) is 5.75 Å². The van der Waals surface area contributed by atoms with Gasteiger partial charge in [0.15, 0.2) is 0 Å². The van der Waals surface area contributed by atoms with E-state index in [1.807, 2.05) is 6.07 Å². The van der Waals surface area contributed by atoms with Crippen LogP contribution in [-0.2, 0) is 11.3 Å². The van der Waals surface area contributed by atoms with Crippen molar-refractivity contribution in [3.8, 4) is 17.0 Å². The molecule has 7 heteroatoms. The van der Waals surface area contributed by atoms with E-state index in [9.17, 15) is 9.90 Å². The van der Waals surface area contributed by atoms with E-state index < -0.39 is 5.97 Å². The standard InChI is InChI=1S/C30H37N3O4.CH4/c1-36-23-8-10-25-26(20-23)32(12-11-31-15-17-37-18-16-31)13-14-33-27-19-22(30(34)35)7-9-24(27)28(29(25)33)21-5-3-2-4-6-21;/h7-10,19-21H,2-6,11-18H2,1H3,(H,34,35);1H4. The van der Waals surface area contributed by atoms with Gasteiger partial charge in [0.2, 0.25) is 0 Å². The summed E-state index contributed by atoms with van der Waals surface area (Å²) in [5.41, 5.74) is 6.53. The molecule has 3 aliphatic rings. The number of hydrogen-bond donors (Lipinski definition) is 1. The summed E-state index contributed by atoms with van der Waals surface area (Å²) in [4.78, 5) is 16.9. The predicted octanol–water partition coefficient (Wildman–Crippen LogP) is 5.85. The smallest absolute Gasteiger partial charge is 0.335 e. The highest BCUT2D eigenvalue weighted by Gasteiger charge is 2.31. The number of aromatic carboxylic acids is 1. The quantitative estimate of drug-likeness (QED) is 0.441. The minimum Gasteiger partial charge on any atom is -0.497 e. The van der Waals surface area contributed by atoms with Gasteiger partial charge in [-0.2, -0.15) is 0 Å². The van der Waals surface area contributed by atoms with Crippen molar-refractivity contribution >= 4 is 22.6 Å². The molecule has 0 radical (unpaired) electrons. The van der Waals surface area contributed by atoms with Gasteiger partial charge in [0.25, 0.3) is 0 Å². The fourth-order valence-electron chi connectivity index (χ4n) is 6.60. The van der Waals surface area contributed by atoms with E-state index in [0.717, 1.165) is 63.7 Å². The Morgan fingerprint density at radius 2 is 1.79 bits per heavy atom. The first-order valence-electron chi connectivity index (χ1n) is 13.8. The topological polar surface area (TPSA) is 67.2 Å². The molecule has 38 heavy (non-hydrogen) atoms. The van der Waals surface area contributed by atoms with Crippen molar-refractivity contribution in [1.82, 2.24) is 9.47 Å². The number of carboxylic acid groups (broad SMARTS) is 1. The van der Waals surface area contributed by atoms with E-state index in [1.54, 1.807) is 13.2 Å². The third kappa shape index (κ3) is 4.90. The average Bonchev–Trinajstić information content (AvgIpc) is 3.18. The molecule has 2 fully saturated rings. The summed E-state index contributed by atoms with van der Waals surface area (Å²) in [7, 11) is 1.73. The van der Waals surface area contributed by atoms with Crippen LogP contribution < -0.4 is 9.64 Å². The van der Waals surface area contributed by atoms with E-state index in [1.165, 1.54) is 60.0 Å². The van der Waals surface area contributed by atoms with Gasteiger partial charge >= 0.3 is 5.97 Å². The van der Waals surface area contributed by atoms with Crippen molar-refractivity contribution < 1.29 is 19.4 Å². The Kier molecular flexibility index (Phi) is 7.96. The van der Waals surface area contributed by atoms with E-state index in [2.05, 4.69) is 38.6 Å². The zero-order valence-corrected chi connectivity index (χ0v) is 21.7. The molecule has 3 aromatic rings. The van der Waals surface area contributed by atoms with Gasteiger partial charge in [-0.3, -0.25) is 4.90 Å². The van der Waals surface area contributed by atoms with Crippen LogP contribution in [0.25, 0.3) is 22.2 Å². The Balaban J connectivity index is 0.00000294. The van der Waals surface area contributed by atoms with Crippen LogP contribution in [-0.4, -0.2) is 73.6 Å². The van der Waals surface area contributed by atoms with Crippen molar-refractivity contribution in [3.05, 3.63) is 47.5 Å². The Morgan fingerprint density at radius 3 is 2.53 bits per heavy atom. The number of benzene rings is 2. The fourth-order valence-corrected chi connectivity index (χ4v) is 6.60. The van der Waals surface area contributed by atoms with Crippen LogP contribution in [0.4, 0.5) is 5.69 Å². The van der Waals surface area contributed by atoms with Crippen LogP contribution in [0.2, 0.25) is 0 Å². The maximum absolute atomic E-state index is 11.9. The van der Waals surface area contributed by atoms with Gasteiger partial charge in [0.05, 0.1) is 31.6 Å². The summed E-state index contributed by atoms with van der Waals surface area (Å²) in [6.45, 7) is 7.18. The Bertz CT molecular complexity index is 1290. The van der Waals surface area contributed by atoms with Gasteiger partial charge in [0, 0.05) is 67.5 Å². The zero-order chi connectivity index (χ0) is 25.4. The predicted molar refractivity (Wildman–Crippen MR) is 153 cm³/mol. The largest absolute Gasteiger partial charge is 0.497 e. The number of ether oxygens (including phenoxy) is 2. The summed E-state index contributed by atoms with van der Waals surface area (Å²) < 4.78 is 13.6. The van der Waals surface area contributed by atoms with Crippen LogP contribution in [0.3, 0.4) is 0 Å². The zero-order valence-electron chi connectivity index (χ0n) is 21.7. The number of morpholine rings is 1. The molecule has 204 valence electrons. The van der Waals surface area contributed by atoms with Gasteiger partial charge < -0.3 is 24.0 Å². The number of carbonyl (C=O) groups is 1. The third-order valence-electron chi connectivity index (χ3n) is 8.55. The summed E-state index contributed by atoms with van der Waals surface area (Å²) in [5.74, 6) is 0.493. The second-order valence-corrected chi connectivity index (χ2v) is 10.6. The van der Waals surface area contributed by atoms with Gasteiger partial charge in [-0.15, -0.1) is 0 Å². The molecule has 1 aromatic heterocycles. The Morgan fingerprint density at radius 1 is 1.00 bits per heavy atom. The Labute approximate surface area is 225 Å². The lowest BCUT2D eigenvalue weighted by Gasteiger charge is -2.31.